The van der Waals surface area contributed by atoms with Crippen molar-refractivity contribution in [1.29, 1.82) is 0 Å². The Balaban J connectivity index is 1.92. The third-order valence-electron chi connectivity index (χ3n) is 3.01. The number of halogens is 1. The molecule has 0 radical (unpaired) electrons. The minimum atomic E-state index is -0.0819. The lowest BCUT2D eigenvalue weighted by molar-refractivity contribution is -0.115. The molecule has 2 rings (SSSR count). The van der Waals surface area contributed by atoms with Gasteiger partial charge in [-0.3, -0.25) is 4.79 Å². The molecule has 0 aromatic heterocycles. The van der Waals surface area contributed by atoms with Gasteiger partial charge < -0.3 is 15.4 Å². The number of nitrogens with one attached hydrogen (secondary N) is 2. The summed E-state index contributed by atoms with van der Waals surface area (Å²) in [4.78, 5) is 11.9. The van der Waals surface area contributed by atoms with Crippen molar-refractivity contribution in [2.75, 3.05) is 18.4 Å². The molecule has 110 valence electrons. The van der Waals surface area contributed by atoms with Crippen molar-refractivity contribution in [3.8, 4) is 5.75 Å². The van der Waals surface area contributed by atoms with Crippen LogP contribution >= 0.6 is 11.6 Å². The van der Waals surface area contributed by atoms with E-state index < -0.39 is 0 Å². The maximum atomic E-state index is 11.9. The third-order valence-corrected chi connectivity index (χ3v) is 3.31. The third kappa shape index (κ3) is 4.69. The Labute approximate surface area is 124 Å². The van der Waals surface area contributed by atoms with Crippen molar-refractivity contribution < 1.29 is 9.53 Å². The molecule has 20 heavy (non-hydrogen) atoms. The number of anilines is 1. The zero-order valence-corrected chi connectivity index (χ0v) is 12.7. The summed E-state index contributed by atoms with van der Waals surface area (Å²) in [5.41, 5.74) is 0.615. The van der Waals surface area contributed by atoms with Crippen molar-refractivity contribution in [1.82, 2.24) is 5.32 Å². The van der Waals surface area contributed by atoms with E-state index >= 15 is 0 Å². The molecule has 0 saturated heterocycles. The summed E-state index contributed by atoms with van der Waals surface area (Å²) >= 11 is 6.12. The van der Waals surface area contributed by atoms with Gasteiger partial charge in [0.25, 0.3) is 0 Å². The van der Waals surface area contributed by atoms with Gasteiger partial charge in [-0.15, -0.1) is 0 Å². The second-order valence-electron chi connectivity index (χ2n) is 5.41. The molecule has 0 spiro atoms. The quantitative estimate of drug-likeness (QED) is 0.813. The molecule has 0 aliphatic heterocycles. The van der Waals surface area contributed by atoms with Crippen LogP contribution in [0.2, 0.25) is 5.02 Å². The van der Waals surface area contributed by atoms with E-state index in [0.717, 1.165) is 12.5 Å². The first-order chi connectivity index (χ1) is 9.56. The molecule has 0 unspecified atom stereocenters. The number of hydrogen-bond acceptors (Lipinski definition) is 3. The summed E-state index contributed by atoms with van der Waals surface area (Å²) in [5, 5.41) is 6.50. The highest BCUT2D eigenvalue weighted by Gasteiger charge is 2.20. The average molecular weight is 297 g/mol. The fourth-order valence-electron chi connectivity index (χ4n) is 1.87. The fourth-order valence-corrected chi connectivity index (χ4v) is 2.09. The van der Waals surface area contributed by atoms with Crippen LogP contribution in [0.25, 0.3) is 0 Å². The van der Waals surface area contributed by atoms with Crippen LogP contribution in [-0.2, 0) is 4.79 Å². The number of carbonyl (C=O) groups excluding carboxylic acids is 1. The molecule has 0 atom stereocenters. The van der Waals surface area contributed by atoms with E-state index in [2.05, 4.69) is 10.6 Å². The van der Waals surface area contributed by atoms with E-state index in [1.54, 1.807) is 18.2 Å². The number of amides is 1. The van der Waals surface area contributed by atoms with Gasteiger partial charge >= 0.3 is 0 Å². The Bertz CT molecular complexity index is 473. The van der Waals surface area contributed by atoms with Crippen molar-refractivity contribution in [3.63, 3.8) is 0 Å². The molecule has 1 fully saturated rings. The lowest BCUT2D eigenvalue weighted by Crippen LogP contribution is -2.29. The maximum absolute atomic E-state index is 11.9. The highest BCUT2D eigenvalue weighted by molar-refractivity contribution is 6.32. The zero-order chi connectivity index (χ0) is 14.5. The van der Waals surface area contributed by atoms with E-state index in [-0.39, 0.29) is 12.0 Å². The predicted octanol–water partition coefficient (Wildman–Crippen LogP) is 3.07. The highest BCUT2D eigenvalue weighted by Crippen LogP contribution is 2.33. The number of para-hydroxylation sites is 1. The molecule has 5 heteroatoms. The van der Waals surface area contributed by atoms with Gasteiger partial charge in [-0.05, 0) is 51.3 Å². The second kappa shape index (κ2) is 6.95. The fraction of sp³-hybridized carbons (Fsp3) is 0.533. The van der Waals surface area contributed by atoms with Crippen LogP contribution in [0.3, 0.4) is 0 Å². The van der Waals surface area contributed by atoms with Crippen molar-refractivity contribution in [2.24, 2.45) is 5.92 Å². The normalized spacial score (nSPS) is 14.4. The largest absolute Gasteiger partial charge is 0.487 e. The first-order valence-corrected chi connectivity index (χ1v) is 7.40. The van der Waals surface area contributed by atoms with Crippen LogP contribution in [0.1, 0.15) is 26.7 Å². The van der Waals surface area contributed by atoms with Gasteiger partial charge in [0.05, 0.1) is 23.4 Å². The minimum Gasteiger partial charge on any atom is -0.487 e. The summed E-state index contributed by atoms with van der Waals surface area (Å²) in [5.74, 6) is 1.20. The molecule has 1 aliphatic carbocycles. The Hall–Kier alpha value is -1.26. The Morgan fingerprint density at radius 3 is 2.85 bits per heavy atom. The van der Waals surface area contributed by atoms with Crippen LogP contribution in [0.4, 0.5) is 5.69 Å². The average Bonchev–Trinajstić information content (AvgIpc) is 3.17. The molecule has 4 nitrogen and oxygen atoms in total. The lowest BCUT2D eigenvalue weighted by Gasteiger charge is -2.16. The van der Waals surface area contributed by atoms with Crippen molar-refractivity contribution >= 4 is 23.2 Å². The summed E-state index contributed by atoms with van der Waals surface area (Å²) in [6.07, 6.45) is 2.54. The second-order valence-corrected chi connectivity index (χ2v) is 5.81. The standard InChI is InChI=1S/C15H21ClN2O2/c1-10(2)20-15-12(16)4-3-5-13(15)18-14(19)9-17-8-11-6-7-11/h3-5,10-11,17H,6-9H2,1-2H3,(H,18,19). The van der Waals surface area contributed by atoms with E-state index in [4.69, 9.17) is 16.3 Å². The molecule has 1 saturated carbocycles. The van der Waals surface area contributed by atoms with Gasteiger partial charge in [0, 0.05) is 0 Å². The van der Waals surface area contributed by atoms with Gasteiger partial charge in [-0.2, -0.15) is 0 Å². The topological polar surface area (TPSA) is 50.4 Å². The van der Waals surface area contributed by atoms with Crippen LogP contribution in [0.5, 0.6) is 5.75 Å². The Kier molecular flexibility index (Phi) is 5.26. The zero-order valence-electron chi connectivity index (χ0n) is 11.9. The van der Waals surface area contributed by atoms with E-state index in [1.807, 2.05) is 13.8 Å². The summed E-state index contributed by atoms with van der Waals surface area (Å²) < 4.78 is 5.66. The summed E-state index contributed by atoms with van der Waals surface area (Å²) in [6.45, 7) is 5.07. The molecule has 0 heterocycles. The van der Waals surface area contributed by atoms with Crippen molar-refractivity contribution in [2.45, 2.75) is 32.8 Å². The summed E-state index contributed by atoms with van der Waals surface area (Å²) in [7, 11) is 0. The number of carbonyl (C=O) groups is 1. The first kappa shape index (κ1) is 15.1. The van der Waals surface area contributed by atoms with Gasteiger partial charge in [-0.1, -0.05) is 17.7 Å². The lowest BCUT2D eigenvalue weighted by atomic mass is 10.2. The van der Waals surface area contributed by atoms with Gasteiger partial charge in [0.1, 0.15) is 0 Å². The molecule has 1 aliphatic rings. The highest BCUT2D eigenvalue weighted by atomic mass is 35.5. The first-order valence-electron chi connectivity index (χ1n) is 7.02. The smallest absolute Gasteiger partial charge is 0.238 e. The van der Waals surface area contributed by atoms with E-state index in [9.17, 15) is 4.79 Å². The predicted molar refractivity (Wildman–Crippen MR) is 81.4 cm³/mol. The number of rotatable bonds is 7. The van der Waals surface area contributed by atoms with Gasteiger partial charge in [0.2, 0.25) is 5.91 Å². The van der Waals surface area contributed by atoms with Crippen LogP contribution in [0, 0.1) is 5.92 Å². The monoisotopic (exact) mass is 296 g/mol. The SMILES string of the molecule is CC(C)Oc1c(Cl)cccc1NC(=O)CNCC1CC1. The Morgan fingerprint density at radius 2 is 2.20 bits per heavy atom. The summed E-state index contributed by atoms with van der Waals surface area (Å²) in [6, 6.07) is 5.34. The molecular formula is C15H21ClN2O2. The number of ether oxygens (including phenoxy) is 1. The van der Waals surface area contributed by atoms with Crippen LogP contribution < -0.4 is 15.4 Å². The maximum Gasteiger partial charge on any atom is 0.238 e. The van der Waals surface area contributed by atoms with E-state index in [1.165, 1.54) is 12.8 Å². The van der Waals surface area contributed by atoms with Gasteiger partial charge in [0.15, 0.2) is 5.75 Å². The molecule has 0 bridgehead atoms. The molecule has 1 amide bonds. The minimum absolute atomic E-state index is 0.00135. The van der Waals surface area contributed by atoms with Crippen LogP contribution in [0.15, 0.2) is 18.2 Å². The number of hydrogen-bond donors (Lipinski definition) is 2. The van der Waals surface area contributed by atoms with E-state index in [0.29, 0.717) is 23.0 Å². The molecule has 1 aromatic carbocycles. The molecular weight excluding hydrogens is 276 g/mol. The Morgan fingerprint density at radius 1 is 1.45 bits per heavy atom. The van der Waals surface area contributed by atoms with Crippen molar-refractivity contribution in [3.05, 3.63) is 23.2 Å². The van der Waals surface area contributed by atoms with Crippen LogP contribution in [-0.4, -0.2) is 25.1 Å². The molecule has 1 aromatic rings. The number of benzene rings is 1. The van der Waals surface area contributed by atoms with Gasteiger partial charge in [-0.25, -0.2) is 0 Å². The molecule has 2 N–H and O–H groups in total.